The van der Waals surface area contributed by atoms with Crippen molar-refractivity contribution in [3.05, 3.63) is 18.2 Å². The molecule has 0 amide bonds. The molecule has 0 bridgehead atoms. The van der Waals surface area contributed by atoms with Crippen LogP contribution in [0.1, 0.15) is 12.7 Å². The highest BCUT2D eigenvalue weighted by molar-refractivity contribution is 4.91. The lowest BCUT2D eigenvalue weighted by atomic mass is 10.3. The van der Waals surface area contributed by atoms with Gasteiger partial charge in [-0.15, -0.1) is 0 Å². The van der Waals surface area contributed by atoms with Crippen molar-refractivity contribution in [1.82, 2.24) is 14.9 Å². The minimum Gasteiger partial charge on any atom is -0.386 e. The van der Waals surface area contributed by atoms with Gasteiger partial charge in [-0.05, 0) is 6.92 Å². The summed E-state index contributed by atoms with van der Waals surface area (Å²) in [5.41, 5.74) is 0. The van der Waals surface area contributed by atoms with E-state index >= 15 is 0 Å². The maximum Gasteiger partial charge on any atom is 0.265 e. The second-order valence-corrected chi connectivity index (χ2v) is 3.16. The Hall–Kier alpha value is -1.01. The molecule has 0 radical (unpaired) electrons. The van der Waals surface area contributed by atoms with Crippen LogP contribution in [-0.4, -0.2) is 33.7 Å². The quantitative estimate of drug-likeness (QED) is 0.737. The summed E-state index contributed by atoms with van der Waals surface area (Å²) in [7, 11) is 0. The van der Waals surface area contributed by atoms with Gasteiger partial charge in [0.15, 0.2) is 0 Å². The molecule has 1 atom stereocenters. The van der Waals surface area contributed by atoms with Crippen LogP contribution in [0, 0.1) is 0 Å². The summed E-state index contributed by atoms with van der Waals surface area (Å²) in [6.07, 6.45) is -0.844. The Labute approximate surface area is 86.9 Å². The Bertz CT molecular complexity index is 291. The highest BCUT2D eigenvalue weighted by Crippen LogP contribution is 2.00. The summed E-state index contributed by atoms with van der Waals surface area (Å²) in [6.45, 7) is 3.01. The van der Waals surface area contributed by atoms with Crippen molar-refractivity contribution in [2.24, 2.45) is 0 Å². The molecule has 6 heteroatoms. The van der Waals surface area contributed by atoms with Crippen LogP contribution in [0.25, 0.3) is 0 Å². The number of rotatable bonds is 6. The van der Waals surface area contributed by atoms with E-state index in [-0.39, 0.29) is 6.54 Å². The van der Waals surface area contributed by atoms with Crippen molar-refractivity contribution in [3.63, 3.8) is 0 Å². The number of aliphatic hydroxyl groups is 1. The molecular weight excluding hydrogens is 204 g/mol. The van der Waals surface area contributed by atoms with Crippen LogP contribution in [0.15, 0.2) is 12.4 Å². The van der Waals surface area contributed by atoms with E-state index in [1.165, 1.54) is 0 Å². The number of nitrogens with one attached hydrogen (secondary N) is 1. The topological polar surface area (TPSA) is 50.1 Å². The number of aliphatic hydroxyl groups excluding tert-OH is 1. The van der Waals surface area contributed by atoms with Gasteiger partial charge in [-0.3, -0.25) is 0 Å². The first-order chi connectivity index (χ1) is 7.15. The first-order valence-electron chi connectivity index (χ1n) is 4.82. The number of hydrogen-bond donors (Lipinski definition) is 2. The van der Waals surface area contributed by atoms with Crippen molar-refractivity contribution in [3.8, 4) is 0 Å². The van der Waals surface area contributed by atoms with Gasteiger partial charge in [0.05, 0.1) is 6.54 Å². The Morgan fingerprint density at radius 1 is 1.60 bits per heavy atom. The smallest absolute Gasteiger partial charge is 0.265 e. The van der Waals surface area contributed by atoms with Gasteiger partial charge in [0, 0.05) is 25.5 Å². The summed E-state index contributed by atoms with van der Waals surface area (Å²) in [4.78, 5) is 4.06. The third-order valence-corrected chi connectivity index (χ3v) is 2.07. The Morgan fingerprint density at radius 2 is 2.33 bits per heavy atom. The highest BCUT2D eigenvalue weighted by atomic mass is 19.3. The molecule has 1 rings (SSSR count). The molecule has 2 N–H and O–H groups in total. The summed E-state index contributed by atoms with van der Waals surface area (Å²) in [5.74, 6) is 0.777. The van der Waals surface area contributed by atoms with Gasteiger partial charge in [0.25, 0.3) is 6.43 Å². The van der Waals surface area contributed by atoms with Gasteiger partial charge in [0.2, 0.25) is 0 Å². The zero-order chi connectivity index (χ0) is 11.3. The fourth-order valence-electron chi connectivity index (χ4n) is 1.22. The number of aryl methyl sites for hydroxylation is 1. The number of nitrogens with zero attached hydrogens (tertiary/aromatic N) is 2. The Balaban J connectivity index is 2.31. The van der Waals surface area contributed by atoms with Gasteiger partial charge in [-0.25, -0.2) is 13.8 Å². The van der Waals surface area contributed by atoms with Crippen LogP contribution in [0.2, 0.25) is 0 Å². The average molecular weight is 219 g/mol. The SMILES string of the molecule is CCn1ccnc1CNCC(O)C(F)F. The Kier molecular flexibility index (Phi) is 4.64. The molecule has 0 aliphatic rings. The van der Waals surface area contributed by atoms with Gasteiger partial charge >= 0.3 is 0 Å². The fraction of sp³-hybridized carbons (Fsp3) is 0.667. The molecule has 1 unspecified atom stereocenters. The van der Waals surface area contributed by atoms with E-state index in [4.69, 9.17) is 5.11 Å². The lowest BCUT2D eigenvalue weighted by Gasteiger charge is -2.10. The molecular formula is C9H15F2N3O. The van der Waals surface area contributed by atoms with E-state index in [0.717, 1.165) is 12.4 Å². The molecule has 4 nitrogen and oxygen atoms in total. The molecule has 0 fully saturated rings. The Morgan fingerprint density at radius 3 is 2.93 bits per heavy atom. The van der Waals surface area contributed by atoms with Gasteiger partial charge < -0.3 is 15.0 Å². The van der Waals surface area contributed by atoms with Crippen LogP contribution in [0.5, 0.6) is 0 Å². The standard InChI is InChI=1S/C9H15F2N3O/c1-2-14-4-3-13-8(14)6-12-5-7(15)9(10)11/h3-4,7,9,12,15H,2,5-6H2,1H3. The molecule has 1 heterocycles. The number of hydrogen-bond acceptors (Lipinski definition) is 3. The summed E-state index contributed by atoms with van der Waals surface area (Å²) < 4.78 is 25.8. The largest absolute Gasteiger partial charge is 0.386 e. The zero-order valence-corrected chi connectivity index (χ0v) is 8.53. The second kappa shape index (κ2) is 5.77. The number of alkyl halides is 2. The number of aromatic nitrogens is 2. The third kappa shape index (κ3) is 3.56. The monoisotopic (exact) mass is 219 g/mol. The van der Waals surface area contributed by atoms with Crippen molar-refractivity contribution < 1.29 is 13.9 Å². The average Bonchev–Trinajstić information content (AvgIpc) is 2.65. The summed E-state index contributed by atoms with van der Waals surface area (Å²) >= 11 is 0. The van der Waals surface area contributed by atoms with E-state index in [1.807, 2.05) is 17.7 Å². The fourth-order valence-corrected chi connectivity index (χ4v) is 1.22. The maximum absolute atomic E-state index is 11.9. The molecule has 1 aromatic rings. The molecule has 15 heavy (non-hydrogen) atoms. The van der Waals surface area contributed by atoms with Gasteiger partial charge in [-0.1, -0.05) is 0 Å². The van der Waals surface area contributed by atoms with Crippen molar-refractivity contribution in [1.29, 1.82) is 0 Å². The second-order valence-electron chi connectivity index (χ2n) is 3.16. The maximum atomic E-state index is 11.9. The minimum absolute atomic E-state index is 0.131. The third-order valence-electron chi connectivity index (χ3n) is 2.07. The first-order valence-corrected chi connectivity index (χ1v) is 4.82. The number of imidazole rings is 1. The highest BCUT2D eigenvalue weighted by Gasteiger charge is 2.15. The van der Waals surface area contributed by atoms with E-state index in [9.17, 15) is 8.78 Å². The molecule has 0 aliphatic heterocycles. The van der Waals surface area contributed by atoms with Crippen LogP contribution in [0.4, 0.5) is 8.78 Å². The van der Waals surface area contributed by atoms with Crippen LogP contribution >= 0.6 is 0 Å². The van der Waals surface area contributed by atoms with E-state index < -0.39 is 12.5 Å². The lowest BCUT2D eigenvalue weighted by Crippen LogP contribution is -2.32. The first kappa shape index (κ1) is 12.1. The summed E-state index contributed by atoms with van der Waals surface area (Å²) in [6, 6.07) is 0. The zero-order valence-electron chi connectivity index (χ0n) is 8.53. The summed E-state index contributed by atoms with van der Waals surface area (Å²) in [5, 5.41) is 11.6. The van der Waals surface area contributed by atoms with Crippen molar-refractivity contribution in [2.45, 2.75) is 32.5 Å². The van der Waals surface area contributed by atoms with Crippen LogP contribution in [-0.2, 0) is 13.1 Å². The van der Waals surface area contributed by atoms with E-state index in [0.29, 0.717) is 6.54 Å². The molecule has 0 aromatic carbocycles. The predicted octanol–water partition coefficient (Wildman–Crippen LogP) is 0.619. The van der Waals surface area contributed by atoms with Gasteiger partial charge in [0.1, 0.15) is 11.9 Å². The molecule has 0 aliphatic carbocycles. The minimum atomic E-state index is -2.71. The van der Waals surface area contributed by atoms with Crippen molar-refractivity contribution in [2.75, 3.05) is 6.54 Å². The van der Waals surface area contributed by atoms with Crippen LogP contribution in [0.3, 0.4) is 0 Å². The molecule has 0 spiro atoms. The van der Waals surface area contributed by atoms with Gasteiger partial charge in [-0.2, -0.15) is 0 Å². The molecule has 1 aromatic heterocycles. The lowest BCUT2D eigenvalue weighted by molar-refractivity contribution is -0.00351. The normalized spacial score (nSPS) is 13.4. The molecule has 86 valence electrons. The predicted molar refractivity (Wildman–Crippen MR) is 51.6 cm³/mol. The number of halogens is 2. The van der Waals surface area contributed by atoms with E-state index in [1.54, 1.807) is 6.20 Å². The van der Waals surface area contributed by atoms with Crippen molar-refractivity contribution >= 4 is 0 Å². The van der Waals surface area contributed by atoms with E-state index in [2.05, 4.69) is 10.3 Å². The molecule has 0 saturated carbocycles. The van der Waals surface area contributed by atoms with Crippen LogP contribution < -0.4 is 5.32 Å². The molecule has 0 saturated heterocycles.